The first-order valence-corrected chi connectivity index (χ1v) is 6.35. The zero-order valence-electron chi connectivity index (χ0n) is 11.2. The number of aliphatic hydroxyl groups excluding tert-OH is 1. The lowest BCUT2D eigenvalue weighted by molar-refractivity contribution is 0.103. The summed E-state index contributed by atoms with van der Waals surface area (Å²) in [6, 6.07) is 7.95. The van der Waals surface area contributed by atoms with Crippen molar-refractivity contribution in [1.29, 1.82) is 0 Å². The molecule has 2 N–H and O–H groups in total. The minimum Gasteiger partial charge on any atom is -0.491 e. The van der Waals surface area contributed by atoms with Crippen LogP contribution in [-0.4, -0.2) is 44.6 Å². The summed E-state index contributed by atoms with van der Waals surface area (Å²) in [6.07, 6.45) is 0.513. The molecule has 1 atom stereocenters. The SMILES string of the molecule is CCc1ccc(OC[C@H](O)CNCCOC)cc1. The molecule has 0 fully saturated rings. The molecule has 102 valence electrons. The summed E-state index contributed by atoms with van der Waals surface area (Å²) in [5.41, 5.74) is 1.28. The molecule has 0 saturated heterocycles. The molecule has 0 saturated carbocycles. The van der Waals surface area contributed by atoms with Crippen LogP contribution in [0.3, 0.4) is 0 Å². The van der Waals surface area contributed by atoms with Gasteiger partial charge >= 0.3 is 0 Å². The van der Waals surface area contributed by atoms with Crippen LogP contribution >= 0.6 is 0 Å². The molecule has 0 aliphatic carbocycles. The third-order valence-corrected chi connectivity index (χ3v) is 2.64. The second-order valence-corrected chi connectivity index (χ2v) is 4.16. The first-order chi connectivity index (χ1) is 8.76. The lowest BCUT2D eigenvalue weighted by atomic mass is 10.2. The van der Waals surface area contributed by atoms with Crippen molar-refractivity contribution in [2.75, 3.05) is 33.4 Å². The van der Waals surface area contributed by atoms with Gasteiger partial charge < -0.3 is 19.9 Å². The Hall–Kier alpha value is -1.10. The summed E-state index contributed by atoms with van der Waals surface area (Å²) in [6.45, 7) is 4.30. The molecule has 4 heteroatoms. The highest BCUT2D eigenvalue weighted by molar-refractivity contribution is 5.27. The molecule has 0 unspecified atom stereocenters. The molecule has 1 aromatic carbocycles. The normalized spacial score (nSPS) is 12.4. The second kappa shape index (κ2) is 8.91. The van der Waals surface area contributed by atoms with Crippen molar-refractivity contribution in [1.82, 2.24) is 5.32 Å². The zero-order valence-corrected chi connectivity index (χ0v) is 11.2. The van der Waals surface area contributed by atoms with Gasteiger partial charge in [0.1, 0.15) is 18.5 Å². The summed E-state index contributed by atoms with van der Waals surface area (Å²) in [7, 11) is 1.65. The number of nitrogens with one attached hydrogen (secondary N) is 1. The number of ether oxygens (including phenoxy) is 2. The Morgan fingerprint density at radius 3 is 2.61 bits per heavy atom. The van der Waals surface area contributed by atoms with Gasteiger partial charge in [0.05, 0.1) is 6.61 Å². The molecule has 0 radical (unpaired) electrons. The van der Waals surface area contributed by atoms with Gasteiger partial charge in [0.15, 0.2) is 0 Å². The van der Waals surface area contributed by atoms with Gasteiger partial charge in [-0.25, -0.2) is 0 Å². The van der Waals surface area contributed by atoms with Crippen molar-refractivity contribution in [3.63, 3.8) is 0 Å². The molecule has 0 amide bonds. The van der Waals surface area contributed by atoms with E-state index in [-0.39, 0.29) is 0 Å². The highest BCUT2D eigenvalue weighted by Gasteiger charge is 2.04. The lowest BCUT2D eigenvalue weighted by Gasteiger charge is -2.13. The van der Waals surface area contributed by atoms with Gasteiger partial charge in [-0.2, -0.15) is 0 Å². The minimum atomic E-state index is -0.507. The van der Waals surface area contributed by atoms with Gasteiger partial charge in [-0.05, 0) is 24.1 Å². The van der Waals surface area contributed by atoms with Crippen LogP contribution < -0.4 is 10.1 Å². The Kier molecular flexibility index (Phi) is 7.41. The van der Waals surface area contributed by atoms with Crippen molar-refractivity contribution in [3.8, 4) is 5.75 Å². The quantitative estimate of drug-likeness (QED) is 0.650. The van der Waals surface area contributed by atoms with Crippen LogP contribution in [0.1, 0.15) is 12.5 Å². The third kappa shape index (κ3) is 6.00. The fourth-order valence-electron chi connectivity index (χ4n) is 1.52. The molecule has 0 aliphatic rings. The van der Waals surface area contributed by atoms with Crippen LogP contribution in [0.4, 0.5) is 0 Å². The van der Waals surface area contributed by atoms with Crippen molar-refractivity contribution >= 4 is 0 Å². The van der Waals surface area contributed by atoms with Crippen LogP contribution in [0.2, 0.25) is 0 Å². The van der Waals surface area contributed by atoms with Crippen molar-refractivity contribution < 1.29 is 14.6 Å². The molecule has 1 rings (SSSR count). The van der Waals surface area contributed by atoms with E-state index in [1.165, 1.54) is 5.56 Å². The van der Waals surface area contributed by atoms with Crippen molar-refractivity contribution in [3.05, 3.63) is 29.8 Å². The topological polar surface area (TPSA) is 50.7 Å². The van der Waals surface area contributed by atoms with E-state index in [9.17, 15) is 5.11 Å². The Balaban J connectivity index is 2.18. The van der Waals surface area contributed by atoms with Gasteiger partial charge in [0.2, 0.25) is 0 Å². The molecule has 0 aromatic heterocycles. The number of rotatable bonds is 9. The maximum atomic E-state index is 9.68. The number of aryl methyl sites for hydroxylation is 1. The number of hydrogen-bond donors (Lipinski definition) is 2. The first kappa shape index (κ1) is 15.0. The molecular weight excluding hydrogens is 230 g/mol. The Labute approximate surface area is 109 Å². The maximum absolute atomic E-state index is 9.68. The van der Waals surface area contributed by atoms with E-state index in [2.05, 4.69) is 12.2 Å². The van der Waals surface area contributed by atoms with Gasteiger partial charge in [-0.3, -0.25) is 0 Å². The fourth-order valence-corrected chi connectivity index (χ4v) is 1.52. The lowest BCUT2D eigenvalue weighted by Crippen LogP contribution is -2.33. The molecule has 18 heavy (non-hydrogen) atoms. The Morgan fingerprint density at radius 1 is 1.28 bits per heavy atom. The molecule has 0 heterocycles. The van der Waals surface area contributed by atoms with Gasteiger partial charge in [-0.1, -0.05) is 19.1 Å². The third-order valence-electron chi connectivity index (χ3n) is 2.64. The van der Waals surface area contributed by atoms with E-state index in [1.54, 1.807) is 7.11 Å². The highest BCUT2D eigenvalue weighted by atomic mass is 16.5. The Morgan fingerprint density at radius 2 is 2.00 bits per heavy atom. The van der Waals surface area contributed by atoms with Crippen molar-refractivity contribution in [2.24, 2.45) is 0 Å². The summed E-state index contributed by atoms with van der Waals surface area (Å²) in [5.74, 6) is 0.795. The molecule has 0 aliphatic heterocycles. The van der Waals surface area contributed by atoms with Gasteiger partial charge in [-0.15, -0.1) is 0 Å². The van der Waals surface area contributed by atoms with Gasteiger partial charge in [0.25, 0.3) is 0 Å². The number of aliphatic hydroxyl groups is 1. The van der Waals surface area contributed by atoms with E-state index in [1.807, 2.05) is 24.3 Å². The Bertz CT molecular complexity index is 313. The van der Waals surface area contributed by atoms with Crippen molar-refractivity contribution in [2.45, 2.75) is 19.4 Å². The highest BCUT2D eigenvalue weighted by Crippen LogP contribution is 2.12. The van der Waals surface area contributed by atoms with Crippen LogP contribution in [0.25, 0.3) is 0 Å². The predicted molar refractivity (Wildman–Crippen MR) is 72.1 cm³/mol. The van der Waals surface area contributed by atoms with Crippen LogP contribution in [-0.2, 0) is 11.2 Å². The van der Waals surface area contributed by atoms with E-state index >= 15 is 0 Å². The predicted octanol–water partition coefficient (Wildman–Crippen LogP) is 1.22. The number of benzene rings is 1. The summed E-state index contributed by atoms with van der Waals surface area (Å²) >= 11 is 0. The summed E-state index contributed by atoms with van der Waals surface area (Å²) in [4.78, 5) is 0. The summed E-state index contributed by atoms with van der Waals surface area (Å²) < 4.78 is 10.4. The van der Waals surface area contributed by atoms with E-state index in [0.717, 1.165) is 18.7 Å². The summed E-state index contributed by atoms with van der Waals surface area (Å²) in [5, 5.41) is 12.8. The molecule has 0 bridgehead atoms. The molecular formula is C14H23NO3. The molecule has 0 spiro atoms. The average molecular weight is 253 g/mol. The van der Waals surface area contributed by atoms with Crippen LogP contribution in [0, 0.1) is 0 Å². The maximum Gasteiger partial charge on any atom is 0.119 e. The number of methoxy groups -OCH3 is 1. The standard InChI is InChI=1S/C14H23NO3/c1-3-12-4-6-14(7-5-12)18-11-13(16)10-15-8-9-17-2/h4-7,13,15-16H,3,8-11H2,1-2H3/t13-/m1/s1. The van der Waals surface area contributed by atoms with Gasteiger partial charge in [0, 0.05) is 20.2 Å². The van der Waals surface area contributed by atoms with E-state index in [4.69, 9.17) is 9.47 Å². The fraction of sp³-hybridized carbons (Fsp3) is 0.571. The first-order valence-electron chi connectivity index (χ1n) is 6.35. The van der Waals surface area contributed by atoms with E-state index in [0.29, 0.717) is 19.8 Å². The monoisotopic (exact) mass is 253 g/mol. The molecule has 1 aromatic rings. The molecule has 4 nitrogen and oxygen atoms in total. The number of hydrogen-bond acceptors (Lipinski definition) is 4. The van der Waals surface area contributed by atoms with E-state index < -0.39 is 6.10 Å². The minimum absolute atomic E-state index is 0.297. The van der Waals surface area contributed by atoms with Crippen LogP contribution in [0.15, 0.2) is 24.3 Å². The largest absolute Gasteiger partial charge is 0.491 e. The second-order valence-electron chi connectivity index (χ2n) is 4.16. The van der Waals surface area contributed by atoms with Crippen LogP contribution in [0.5, 0.6) is 5.75 Å². The average Bonchev–Trinajstić information content (AvgIpc) is 2.42. The smallest absolute Gasteiger partial charge is 0.119 e. The zero-order chi connectivity index (χ0) is 13.2.